The average Bonchev–Trinajstić information content (AvgIpc) is 3.23. The topological polar surface area (TPSA) is 85.3 Å². The summed E-state index contributed by atoms with van der Waals surface area (Å²) in [5, 5.41) is 7.05. The number of amides is 1. The van der Waals surface area contributed by atoms with Crippen molar-refractivity contribution in [2.45, 2.75) is 19.4 Å². The molecule has 0 atom stereocenters. The first kappa shape index (κ1) is 13.7. The molecule has 0 unspecified atom stereocenters. The lowest BCUT2D eigenvalue weighted by atomic mass is 10.1. The van der Waals surface area contributed by atoms with Crippen LogP contribution in [0.2, 0.25) is 0 Å². The summed E-state index contributed by atoms with van der Waals surface area (Å²) in [7, 11) is 0. The zero-order chi connectivity index (χ0) is 15.6. The second-order valence-corrected chi connectivity index (χ2v) is 5.41. The van der Waals surface area contributed by atoms with Gasteiger partial charge in [-0.15, -0.1) is 0 Å². The molecule has 116 valence electrons. The molecule has 0 N–H and O–H groups in total. The van der Waals surface area contributed by atoms with E-state index in [-0.39, 0.29) is 11.6 Å². The Labute approximate surface area is 131 Å². The molecule has 0 radical (unpaired) electrons. The van der Waals surface area contributed by atoms with E-state index in [1.165, 1.54) is 6.20 Å². The molecule has 0 saturated heterocycles. The highest BCUT2D eigenvalue weighted by molar-refractivity contribution is 5.91. The van der Waals surface area contributed by atoms with Crippen molar-refractivity contribution in [3.8, 4) is 0 Å². The lowest BCUT2D eigenvalue weighted by Crippen LogP contribution is -2.36. The van der Waals surface area contributed by atoms with Gasteiger partial charge in [0.25, 0.3) is 5.91 Å². The largest absolute Gasteiger partial charge is 0.445 e. The number of benzene rings is 1. The van der Waals surface area contributed by atoms with Gasteiger partial charge in [-0.25, -0.2) is 9.61 Å². The van der Waals surface area contributed by atoms with Crippen molar-refractivity contribution < 1.29 is 13.8 Å². The van der Waals surface area contributed by atoms with Crippen LogP contribution in [0.4, 0.5) is 0 Å². The van der Waals surface area contributed by atoms with Gasteiger partial charge in [-0.3, -0.25) is 4.79 Å². The lowest BCUT2D eigenvalue weighted by molar-refractivity contribution is 0.0716. The van der Waals surface area contributed by atoms with E-state index in [4.69, 9.17) is 4.42 Å². The summed E-state index contributed by atoms with van der Waals surface area (Å²) in [5.41, 5.74) is 2.17. The number of rotatable bonds is 3. The number of nitrogens with zero attached hydrogens (tertiary/aromatic N) is 4. The Bertz CT molecular complexity index is 811. The maximum Gasteiger partial charge on any atom is 0.278 e. The first-order valence-electron chi connectivity index (χ1n) is 7.38. The minimum atomic E-state index is -0.204. The van der Waals surface area contributed by atoms with E-state index in [1.807, 2.05) is 30.3 Å². The number of hydrogen-bond acceptors (Lipinski definition) is 6. The highest BCUT2D eigenvalue weighted by Crippen LogP contribution is 2.22. The number of carbonyl (C=O) groups is 1. The first-order chi connectivity index (χ1) is 11.3. The van der Waals surface area contributed by atoms with Crippen molar-refractivity contribution in [3.05, 3.63) is 65.1 Å². The summed E-state index contributed by atoms with van der Waals surface area (Å²) in [6.07, 6.45) is 2.62. The van der Waals surface area contributed by atoms with Crippen LogP contribution in [0.15, 0.2) is 45.6 Å². The number of fused-ring (bicyclic) bond motifs is 1. The summed E-state index contributed by atoms with van der Waals surface area (Å²) in [5.74, 6) is 1.33. The quantitative estimate of drug-likeness (QED) is 0.734. The number of oxazole rings is 1. The Morgan fingerprint density at radius 1 is 1.26 bits per heavy atom. The molecule has 3 heterocycles. The first-order valence-corrected chi connectivity index (χ1v) is 7.38. The van der Waals surface area contributed by atoms with Crippen LogP contribution in [-0.4, -0.2) is 32.6 Å². The van der Waals surface area contributed by atoms with Gasteiger partial charge in [0.15, 0.2) is 11.6 Å². The second-order valence-electron chi connectivity index (χ2n) is 5.41. The SMILES string of the molecule is O=C(c1cnon1)N1CCc2oc(Cc3ccccc3)nc2C1. The van der Waals surface area contributed by atoms with Crippen LogP contribution in [0.5, 0.6) is 0 Å². The van der Waals surface area contributed by atoms with Crippen LogP contribution in [0.1, 0.15) is 33.4 Å². The molecule has 1 aliphatic rings. The fourth-order valence-electron chi connectivity index (χ4n) is 2.69. The normalized spacial score (nSPS) is 13.8. The second kappa shape index (κ2) is 5.68. The van der Waals surface area contributed by atoms with Crippen molar-refractivity contribution in [3.63, 3.8) is 0 Å². The van der Waals surface area contributed by atoms with Gasteiger partial charge in [-0.2, -0.15) is 0 Å². The lowest BCUT2D eigenvalue weighted by Gasteiger charge is -2.24. The number of hydrogen-bond donors (Lipinski definition) is 0. The van der Waals surface area contributed by atoms with Gasteiger partial charge in [0, 0.05) is 19.4 Å². The number of aromatic nitrogens is 3. The molecule has 0 bridgehead atoms. The monoisotopic (exact) mass is 310 g/mol. The van der Waals surface area contributed by atoms with E-state index < -0.39 is 0 Å². The predicted molar refractivity (Wildman–Crippen MR) is 78.5 cm³/mol. The average molecular weight is 310 g/mol. The van der Waals surface area contributed by atoms with E-state index in [9.17, 15) is 4.79 Å². The van der Waals surface area contributed by atoms with Gasteiger partial charge in [0.2, 0.25) is 0 Å². The Kier molecular flexibility index (Phi) is 3.38. The number of carbonyl (C=O) groups excluding carboxylic acids is 1. The molecule has 4 rings (SSSR count). The molecule has 23 heavy (non-hydrogen) atoms. The fraction of sp³-hybridized carbons (Fsp3) is 0.250. The van der Waals surface area contributed by atoms with Crippen molar-refractivity contribution >= 4 is 5.91 Å². The highest BCUT2D eigenvalue weighted by atomic mass is 16.6. The highest BCUT2D eigenvalue weighted by Gasteiger charge is 2.27. The summed E-state index contributed by atoms with van der Waals surface area (Å²) >= 11 is 0. The summed E-state index contributed by atoms with van der Waals surface area (Å²) < 4.78 is 10.3. The van der Waals surface area contributed by atoms with Gasteiger partial charge in [-0.05, 0) is 10.7 Å². The molecule has 0 spiro atoms. The molecule has 2 aromatic heterocycles. The van der Waals surface area contributed by atoms with Crippen molar-refractivity contribution in [1.29, 1.82) is 0 Å². The van der Waals surface area contributed by atoms with Crippen LogP contribution >= 0.6 is 0 Å². The molecule has 1 aliphatic heterocycles. The fourth-order valence-corrected chi connectivity index (χ4v) is 2.69. The maximum atomic E-state index is 12.3. The van der Waals surface area contributed by atoms with Crippen LogP contribution < -0.4 is 0 Å². The molecular weight excluding hydrogens is 296 g/mol. The van der Waals surface area contributed by atoms with Crippen molar-refractivity contribution in [2.24, 2.45) is 0 Å². The Morgan fingerprint density at radius 2 is 2.13 bits per heavy atom. The molecule has 0 aliphatic carbocycles. The van der Waals surface area contributed by atoms with Crippen molar-refractivity contribution in [2.75, 3.05) is 6.54 Å². The molecule has 0 fully saturated rings. The van der Waals surface area contributed by atoms with Gasteiger partial charge >= 0.3 is 0 Å². The van der Waals surface area contributed by atoms with E-state index in [0.717, 1.165) is 17.0 Å². The third kappa shape index (κ3) is 2.73. The van der Waals surface area contributed by atoms with Crippen LogP contribution in [0.25, 0.3) is 0 Å². The van der Waals surface area contributed by atoms with Crippen LogP contribution in [0.3, 0.4) is 0 Å². The van der Waals surface area contributed by atoms with E-state index >= 15 is 0 Å². The molecular formula is C16H14N4O3. The minimum Gasteiger partial charge on any atom is -0.445 e. The van der Waals surface area contributed by atoms with Gasteiger partial charge < -0.3 is 9.32 Å². The van der Waals surface area contributed by atoms with Gasteiger partial charge in [0.05, 0.1) is 6.54 Å². The Balaban J connectivity index is 1.51. The zero-order valence-corrected chi connectivity index (χ0v) is 12.3. The third-order valence-corrected chi connectivity index (χ3v) is 3.84. The Morgan fingerprint density at radius 3 is 2.91 bits per heavy atom. The standard InChI is InChI=1S/C16H14N4O3/c21-16(12-9-17-23-19-12)20-7-6-14-13(10-20)18-15(22-14)8-11-4-2-1-3-5-11/h1-5,9H,6-8,10H2. The molecule has 7 heteroatoms. The van der Waals surface area contributed by atoms with E-state index in [2.05, 4.69) is 19.9 Å². The maximum absolute atomic E-state index is 12.3. The zero-order valence-electron chi connectivity index (χ0n) is 12.3. The minimum absolute atomic E-state index is 0.204. The van der Waals surface area contributed by atoms with Crippen LogP contribution in [0, 0.1) is 0 Å². The summed E-state index contributed by atoms with van der Waals surface area (Å²) in [4.78, 5) is 18.5. The molecule has 0 saturated carbocycles. The van der Waals surface area contributed by atoms with E-state index in [0.29, 0.717) is 31.8 Å². The smallest absolute Gasteiger partial charge is 0.278 e. The predicted octanol–water partition coefficient (Wildman–Crippen LogP) is 1.85. The molecule has 1 amide bonds. The summed E-state index contributed by atoms with van der Waals surface area (Å²) in [6.45, 7) is 0.984. The van der Waals surface area contributed by atoms with Gasteiger partial charge in [0.1, 0.15) is 17.7 Å². The molecule has 1 aromatic carbocycles. The molecule has 7 nitrogen and oxygen atoms in total. The van der Waals surface area contributed by atoms with Gasteiger partial charge in [-0.1, -0.05) is 35.5 Å². The molecule has 3 aromatic rings. The summed E-state index contributed by atoms with van der Waals surface area (Å²) in [6, 6.07) is 10.0. The Hall–Kier alpha value is -2.96. The van der Waals surface area contributed by atoms with E-state index in [1.54, 1.807) is 4.90 Å². The van der Waals surface area contributed by atoms with Crippen LogP contribution in [-0.2, 0) is 19.4 Å². The van der Waals surface area contributed by atoms with Crippen molar-refractivity contribution in [1.82, 2.24) is 20.2 Å². The third-order valence-electron chi connectivity index (χ3n) is 3.84.